The van der Waals surface area contributed by atoms with Crippen LogP contribution >= 0.6 is 11.6 Å². The van der Waals surface area contributed by atoms with E-state index in [1.807, 2.05) is 19.1 Å². The van der Waals surface area contributed by atoms with E-state index >= 15 is 0 Å². The predicted octanol–water partition coefficient (Wildman–Crippen LogP) is 3.21. The van der Waals surface area contributed by atoms with Crippen molar-refractivity contribution in [1.82, 2.24) is 4.90 Å². The van der Waals surface area contributed by atoms with E-state index in [4.69, 9.17) is 16.9 Å². The third kappa shape index (κ3) is 4.45. The molecule has 1 amide bonds. The second kappa shape index (κ2) is 7.44. The third-order valence-electron chi connectivity index (χ3n) is 3.94. The number of nitrogens with zero attached hydrogens (tertiary/aromatic N) is 2. The molecule has 1 N–H and O–H groups in total. The Morgan fingerprint density at radius 2 is 2.19 bits per heavy atom. The van der Waals surface area contributed by atoms with Gasteiger partial charge in [0.2, 0.25) is 5.91 Å². The van der Waals surface area contributed by atoms with Crippen molar-refractivity contribution in [2.75, 3.05) is 25.0 Å². The molecule has 112 valence electrons. The van der Waals surface area contributed by atoms with Gasteiger partial charge >= 0.3 is 0 Å². The van der Waals surface area contributed by atoms with E-state index < -0.39 is 0 Å². The Kier molecular flexibility index (Phi) is 5.60. The average Bonchev–Trinajstić information content (AvgIpc) is 2.48. The summed E-state index contributed by atoms with van der Waals surface area (Å²) in [5.74, 6) is 0.138. The van der Waals surface area contributed by atoms with Gasteiger partial charge in [-0.3, -0.25) is 4.79 Å². The van der Waals surface area contributed by atoms with E-state index in [1.165, 1.54) is 0 Å². The van der Waals surface area contributed by atoms with Crippen LogP contribution in [0, 0.1) is 24.2 Å². The van der Waals surface area contributed by atoms with Gasteiger partial charge in [-0.2, -0.15) is 5.26 Å². The predicted molar refractivity (Wildman–Crippen MR) is 84.2 cm³/mol. The van der Waals surface area contributed by atoms with Crippen LogP contribution in [0.2, 0.25) is 5.02 Å². The van der Waals surface area contributed by atoms with Gasteiger partial charge in [-0.25, -0.2) is 0 Å². The highest BCUT2D eigenvalue weighted by molar-refractivity contribution is 6.30. The molecule has 0 saturated carbocycles. The molecule has 21 heavy (non-hydrogen) atoms. The fourth-order valence-electron chi connectivity index (χ4n) is 2.63. The highest BCUT2D eigenvalue weighted by Crippen LogP contribution is 2.23. The topological polar surface area (TPSA) is 56.1 Å². The average molecular weight is 306 g/mol. The van der Waals surface area contributed by atoms with E-state index in [-0.39, 0.29) is 11.8 Å². The summed E-state index contributed by atoms with van der Waals surface area (Å²) < 4.78 is 0. The van der Waals surface area contributed by atoms with Crippen molar-refractivity contribution < 1.29 is 4.79 Å². The number of likely N-dealkylation sites (tertiary alicyclic amines) is 1. The maximum Gasteiger partial charge on any atom is 0.227 e. The summed E-state index contributed by atoms with van der Waals surface area (Å²) in [5, 5.41) is 12.3. The van der Waals surface area contributed by atoms with E-state index in [2.05, 4.69) is 16.3 Å². The lowest BCUT2D eigenvalue weighted by Gasteiger charge is -2.30. The molecule has 1 aliphatic rings. The fourth-order valence-corrected chi connectivity index (χ4v) is 2.86. The molecule has 0 atom stereocenters. The summed E-state index contributed by atoms with van der Waals surface area (Å²) >= 11 is 5.92. The molecule has 4 nitrogen and oxygen atoms in total. The first-order valence-electron chi connectivity index (χ1n) is 7.26. The highest BCUT2D eigenvalue weighted by atomic mass is 35.5. The minimum Gasteiger partial charge on any atom is -0.326 e. The number of hydrogen-bond acceptors (Lipinski definition) is 3. The number of nitrogens with one attached hydrogen (secondary N) is 1. The number of nitriles is 1. The summed E-state index contributed by atoms with van der Waals surface area (Å²) in [5.41, 5.74) is 1.80. The van der Waals surface area contributed by atoms with Crippen molar-refractivity contribution in [3.63, 3.8) is 0 Å². The number of anilines is 1. The summed E-state index contributed by atoms with van der Waals surface area (Å²) in [7, 11) is 0. The third-order valence-corrected chi connectivity index (χ3v) is 4.18. The van der Waals surface area contributed by atoms with Crippen molar-refractivity contribution in [3.8, 4) is 6.07 Å². The van der Waals surface area contributed by atoms with Crippen LogP contribution in [0.4, 0.5) is 5.69 Å². The number of rotatable bonds is 4. The van der Waals surface area contributed by atoms with Crippen molar-refractivity contribution >= 4 is 23.2 Å². The molecule has 1 heterocycles. The lowest BCUT2D eigenvalue weighted by Crippen LogP contribution is -2.38. The summed E-state index contributed by atoms with van der Waals surface area (Å²) in [6, 6.07) is 7.64. The van der Waals surface area contributed by atoms with Crippen molar-refractivity contribution in [2.24, 2.45) is 5.92 Å². The van der Waals surface area contributed by atoms with Gasteiger partial charge in [0.05, 0.1) is 6.07 Å². The van der Waals surface area contributed by atoms with Crippen molar-refractivity contribution in [3.05, 3.63) is 28.8 Å². The Labute approximate surface area is 130 Å². The molecule has 1 aromatic carbocycles. The zero-order valence-corrected chi connectivity index (χ0v) is 13.0. The van der Waals surface area contributed by atoms with Gasteiger partial charge in [-0.05, 0) is 56.6 Å². The lowest BCUT2D eigenvalue weighted by atomic mass is 9.95. The number of aryl methyl sites for hydroxylation is 1. The van der Waals surface area contributed by atoms with Gasteiger partial charge in [0.25, 0.3) is 0 Å². The van der Waals surface area contributed by atoms with Crippen LogP contribution in [-0.2, 0) is 4.79 Å². The zero-order valence-electron chi connectivity index (χ0n) is 12.2. The van der Waals surface area contributed by atoms with E-state index in [0.29, 0.717) is 11.4 Å². The molecule has 0 unspecified atom stereocenters. The van der Waals surface area contributed by atoms with E-state index in [9.17, 15) is 4.79 Å². The highest BCUT2D eigenvalue weighted by Gasteiger charge is 2.24. The largest absolute Gasteiger partial charge is 0.326 e. The minimum absolute atomic E-state index is 0.0541. The number of hydrogen-bond donors (Lipinski definition) is 1. The molecule has 1 aliphatic heterocycles. The first-order valence-corrected chi connectivity index (χ1v) is 7.64. The number of benzene rings is 1. The summed E-state index contributed by atoms with van der Waals surface area (Å²) in [4.78, 5) is 14.6. The van der Waals surface area contributed by atoms with Crippen molar-refractivity contribution in [2.45, 2.75) is 26.2 Å². The Morgan fingerprint density at radius 3 is 2.81 bits per heavy atom. The molecule has 0 bridgehead atoms. The first-order chi connectivity index (χ1) is 10.1. The molecule has 0 aromatic heterocycles. The Morgan fingerprint density at radius 1 is 1.48 bits per heavy atom. The molecule has 0 radical (unpaired) electrons. The number of halogens is 1. The van der Waals surface area contributed by atoms with Gasteiger partial charge in [0.15, 0.2) is 0 Å². The Balaban J connectivity index is 1.86. The maximum atomic E-state index is 12.3. The van der Waals surface area contributed by atoms with E-state index in [0.717, 1.165) is 43.7 Å². The van der Waals surface area contributed by atoms with Gasteiger partial charge < -0.3 is 10.2 Å². The van der Waals surface area contributed by atoms with Gasteiger partial charge in [0.1, 0.15) is 0 Å². The van der Waals surface area contributed by atoms with E-state index in [1.54, 1.807) is 6.07 Å². The fraction of sp³-hybridized carbons (Fsp3) is 0.500. The number of carbonyl (C=O) groups is 1. The smallest absolute Gasteiger partial charge is 0.227 e. The Bertz CT molecular complexity index is 545. The SMILES string of the molecule is Cc1cc(Cl)ccc1NC(=O)C1CCN(CCC#N)CC1. The van der Waals surface area contributed by atoms with Gasteiger partial charge in [-0.1, -0.05) is 11.6 Å². The second-order valence-corrected chi connectivity index (χ2v) is 5.91. The monoisotopic (exact) mass is 305 g/mol. The normalized spacial score (nSPS) is 16.4. The van der Waals surface area contributed by atoms with Crippen LogP contribution in [-0.4, -0.2) is 30.4 Å². The maximum absolute atomic E-state index is 12.3. The molecule has 2 rings (SSSR count). The number of amides is 1. The first kappa shape index (κ1) is 15.8. The summed E-state index contributed by atoms with van der Waals surface area (Å²) in [6.07, 6.45) is 2.26. The van der Waals surface area contributed by atoms with Crippen LogP contribution in [0.15, 0.2) is 18.2 Å². The molecular weight excluding hydrogens is 286 g/mol. The number of piperidine rings is 1. The molecule has 1 saturated heterocycles. The second-order valence-electron chi connectivity index (χ2n) is 5.47. The lowest BCUT2D eigenvalue weighted by molar-refractivity contribution is -0.121. The molecule has 5 heteroatoms. The van der Waals surface area contributed by atoms with Gasteiger partial charge in [0, 0.05) is 29.6 Å². The van der Waals surface area contributed by atoms with Crippen molar-refractivity contribution in [1.29, 1.82) is 5.26 Å². The van der Waals surface area contributed by atoms with Crippen LogP contribution in [0.5, 0.6) is 0 Å². The summed E-state index contributed by atoms with van der Waals surface area (Å²) in [6.45, 7) is 4.52. The molecule has 1 aromatic rings. The molecular formula is C16H20ClN3O. The van der Waals surface area contributed by atoms with Crippen LogP contribution in [0.25, 0.3) is 0 Å². The standard InChI is InChI=1S/C16H20ClN3O/c1-12-11-14(17)3-4-15(12)19-16(21)13-5-9-20(10-6-13)8-2-7-18/h3-4,11,13H,2,5-6,8-10H2,1H3,(H,19,21). The minimum atomic E-state index is 0.0541. The molecule has 0 spiro atoms. The quantitative estimate of drug-likeness (QED) is 0.929. The molecule has 0 aliphatic carbocycles. The number of carbonyl (C=O) groups excluding carboxylic acids is 1. The van der Waals surface area contributed by atoms with Crippen LogP contribution < -0.4 is 5.32 Å². The van der Waals surface area contributed by atoms with Gasteiger partial charge in [-0.15, -0.1) is 0 Å². The molecule has 1 fully saturated rings. The zero-order chi connectivity index (χ0) is 15.2. The Hall–Kier alpha value is -1.57. The van der Waals surface area contributed by atoms with Crippen LogP contribution in [0.1, 0.15) is 24.8 Å². The van der Waals surface area contributed by atoms with Crippen LogP contribution in [0.3, 0.4) is 0 Å².